The number of para-hydroxylation sites is 2. The molecule has 3 aromatic carbocycles. The van der Waals surface area contributed by atoms with Crippen LogP contribution in [0.4, 0.5) is 0 Å². The third-order valence-electron chi connectivity index (χ3n) is 5.70. The molecule has 3 heterocycles. The van der Waals surface area contributed by atoms with E-state index in [0.29, 0.717) is 0 Å². The molecule has 0 radical (unpaired) electrons. The van der Waals surface area contributed by atoms with Crippen molar-refractivity contribution in [3.05, 3.63) is 113 Å². The molecule has 0 aliphatic carbocycles. The van der Waals surface area contributed by atoms with Gasteiger partial charge in [-0.05, 0) is 43.3 Å². The van der Waals surface area contributed by atoms with E-state index >= 15 is 0 Å². The molecule has 0 spiro atoms. The van der Waals surface area contributed by atoms with Crippen LogP contribution in [0.5, 0.6) is 0 Å². The summed E-state index contributed by atoms with van der Waals surface area (Å²) in [6.07, 6.45) is 6.14. The van der Waals surface area contributed by atoms with E-state index in [1.807, 2.05) is 77.6 Å². The molecule has 0 bridgehead atoms. The minimum atomic E-state index is 0.745. The standard InChI is InChI=1S/C29H21N3OS/c1-20-11-13-21(14-12-20)25-19-34-28(30-25)16-15-23-18-32(24-8-3-2-4-9-24)31-29(23)27-17-22-7-5-6-10-26(22)33-27/h2-19H,1H3. The van der Waals surface area contributed by atoms with Gasteiger partial charge in [-0.3, -0.25) is 0 Å². The number of rotatable bonds is 5. The predicted molar refractivity (Wildman–Crippen MR) is 140 cm³/mol. The second kappa shape index (κ2) is 8.61. The molecule has 0 fully saturated rings. The Kier molecular flexibility index (Phi) is 5.17. The fourth-order valence-electron chi connectivity index (χ4n) is 3.89. The number of fused-ring (bicyclic) bond motifs is 1. The monoisotopic (exact) mass is 459 g/mol. The molecule has 34 heavy (non-hydrogen) atoms. The van der Waals surface area contributed by atoms with Crippen molar-refractivity contribution < 1.29 is 4.42 Å². The highest BCUT2D eigenvalue weighted by Gasteiger charge is 2.15. The smallest absolute Gasteiger partial charge is 0.156 e. The molecule has 0 aliphatic rings. The predicted octanol–water partition coefficient (Wildman–Crippen LogP) is 7.89. The summed E-state index contributed by atoms with van der Waals surface area (Å²) in [6, 6.07) is 28.6. The normalized spacial score (nSPS) is 11.6. The van der Waals surface area contributed by atoms with E-state index in [-0.39, 0.29) is 0 Å². The molecule has 0 N–H and O–H groups in total. The largest absolute Gasteiger partial charge is 0.454 e. The van der Waals surface area contributed by atoms with Gasteiger partial charge in [-0.25, -0.2) is 9.67 Å². The zero-order valence-corrected chi connectivity index (χ0v) is 19.4. The lowest BCUT2D eigenvalue weighted by atomic mass is 10.1. The summed E-state index contributed by atoms with van der Waals surface area (Å²) in [5.74, 6) is 0.745. The van der Waals surface area contributed by atoms with Gasteiger partial charge >= 0.3 is 0 Å². The van der Waals surface area contributed by atoms with E-state index in [1.165, 1.54) is 5.56 Å². The molecule has 0 saturated carbocycles. The summed E-state index contributed by atoms with van der Waals surface area (Å²) >= 11 is 1.63. The van der Waals surface area contributed by atoms with E-state index in [1.54, 1.807) is 11.3 Å². The van der Waals surface area contributed by atoms with Gasteiger partial charge in [0.15, 0.2) is 5.76 Å². The Morgan fingerprint density at radius 2 is 1.68 bits per heavy atom. The van der Waals surface area contributed by atoms with Crippen molar-refractivity contribution in [3.8, 4) is 28.4 Å². The Bertz CT molecular complexity index is 1570. The average Bonchev–Trinajstić information content (AvgIpc) is 3.61. The summed E-state index contributed by atoms with van der Waals surface area (Å²) in [5, 5.41) is 8.97. The number of nitrogens with zero attached hydrogens (tertiary/aromatic N) is 3. The molecule has 0 unspecified atom stereocenters. The van der Waals surface area contributed by atoms with Gasteiger partial charge in [0, 0.05) is 28.1 Å². The van der Waals surface area contributed by atoms with E-state index in [2.05, 4.69) is 42.6 Å². The van der Waals surface area contributed by atoms with Crippen LogP contribution in [0.25, 0.3) is 51.5 Å². The topological polar surface area (TPSA) is 43.9 Å². The number of aryl methyl sites for hydroxylation is 1. The lowest BCUT2D eigenvalue weighted by Gasteiger charge is -1.98. The summed E-state index contributed by atoms with van der Waals surface area (Å²) in [7, 11) is 0. The molecule has 6 aromatic rings. The van der Waals surface area contributed by atoms with Crippen molar-refractivity contribution in [2.24, 2.45) is 0 Å². The Hall–Kier alpha value is -4.22. The first-order valence-electron chi connectivity index (χ1n) is 11.1. The fourth-order valence-corrected chi connectivity index (χ4v) is 4.61. The van der Waals surface area contributed by atoms with Crippen LogP contribution in [0.15, 0.2) is 101 Å². The van der Waals surface area contributed by atoms with Crippen molar-refractivity contribution in [2.75, 3.05) is 0 Å². The molecule has 6 rings (SSSR count). The molecular weight excluding hydrogens is 438 g/mol. The first-order chi connectivity index (χ1) is 16.7. The second-order valence-corrected chi connectivity index (χ2v) is 9.02. The van der Waals surface area contributed by atoms with Gasteiger partial charge in [0.05, 0.1) is 11.4 Å². The number of hydrogen-bond acceptors (Lipinski definition) is 4. The minimum absolute atomic E-state index is 0.745. The molecule has 0 saturated heterocycles. The first kappa shape index (κ1) is 20.4. The molecule has 0 amide bonds. The van der Waals surface area contributed by atoms with Crippen molar-refractivity contribution >= 4 is 34.5 Å². The van der Waals surface area contributed by atoms with Gasteiger partial charge in [-0.1, -0.05) is 66.2 Å². The molecule has 0 aliphatic heterocycles. The lowest BCUT2D eigenvalue weighted by Crippen LogP contribution is -1.93. The van der Waals surface area contributed by atoms with Gasteiger partial charge in [0.2, 0.25) is 0 Å². The van der Waals surface area contributed by atoms with Crippen molar-refractivity contribution in [3.63, 3.8) is 0 Å². The maximum Gasteiger partial charge on any atom is 0.156 e. The molecule has 3 aromatic heterocycles. The SMILES string of the molecule is Cc1ccc(-c2csc(C=Cc3cn(-c4ccccc4)nc3-c3cc4ccccc4o3)n2)cc1. The molecular formula is C29H21N3OS. The second-order valence-electron chi connectivity index (χ2n) is 8.13. The van der Waals surface area contributed by atoms with Crippen LogP contribution >= 0.6 is 11.3 Å². The van der Waals surface area contributed by atoms with Crippen molar-refractivity contribution in [1.29, 1.82) is 0 Å². The average molecular weight is 460 g/mol. The minimum Gasteiger partial charge on any atom is -0.454 e. The maximum atomic E-state index is 6.14. The highest BCUT2D eigenvalue weighted by atomic mass is 32.1. The zero-order valence-electron chi connectivity index (χ0n) is 18.6. The molecule has 164 valence electrons. The van der Waals surface area contributed by atoms with E-state index in [0.717, 1.165) is 49.9 Å². The van der Waals surface area contributed by atoms with Gasteiger partial charge in [-0.2, -0.15) is 5.10 Å². The highest BCUT2D eigenvalue weighted by Crippen LogP contribution is 2.31. The first-order valence-corrected chi connectivity index (χ1v) is 12.0. The molecule has 5 heteroatoms. The summed E-state index contributed by atoms with van der Waals surface area (Å²) < 4.78 is 8.04. The third-order valence-corrected chi connectivity index (χ3v) is 6.51. The van der Waals surface area contributed by atoms with Crippen LogP contribution < -0.4 is 0 Å². The number of hydrogen-bond donors (Lipinski definition) is 0. The summed E-state index contributed by atoms with van der Waals surface area (Å²) in [5.41, 5.74) is 6.97. The Morgan fingerprint density at radius 3 is 2.50 bits per heavy atom. The molecule has 0 atom stereocenters. The van der Waals surface area contributed by atoms with Crippen LogP contribution in [0.1, 0.15) is 16.1 Å². The van der Waals surface area contributed by atoms with Crippen LogP contribution in [-0.2, 0) is 0 Å². The third kappa shape index (κ3) is 3.98. The summed E-state index contributed by atoms with van der Waals surface area (Å²) in [6.45, 7) is 2.09. The fraction of sp³-hybridized carbons (Fsp3) is 0.0345. The number of benzene rings is 3. The van der Waals surface area contributed by atoms with E-state index in [9.17, 15) is 0 Å². The van der Waals surface area contributed by atoms with E-state index < -0.39 is 0 Å². The Labute approximate surface area is 201 Å². The number of aromatic nitrogens is 3. The highest BCUT2D eigenvalue weighted by molar-refractivity contribution is 7.10. The number of furan rings is 1. The van der Waals surface area contributed by atoms with Crippen molar-refractivity contribution in [1.82, 2.24) is 14.8 Å². The van der Waals surface area contributed by atoms with Crippen LogP contribution in [-0.4, -0.2) is 14.8 Å². The Balaban J connectivity index is 1.38. The van der Waals surface area contributed by atoms with Crippen molar-refractivity contribution in [2.45, 2.75) is 6.92 Å². The lowest BCUT2D eigenvalue weighted by molar-refractivity contribution is 0.627. The van der Waals surface area contributed by atoms with Gasteiger partial charge in [-0.15, -0.1) is 11.3 Å². The quantitative estimate of drug-likeness (QED) is 0.263. The van der Waals surface area contributed by atoms with Crippen LogP contribution in [0, 0.1) is 6.92 Å². The number of thiazole rings is 1. The molecule has 4 nitrogen and oxygen atoms in total. The van der Waals surface area contributed by atoms with E-state index in [4.69, 9.17) is 14.5 Å². The Morgan fingerprint density at radius 1 is 0.882 bits per heavy atom. The van der Waals surface area contributed by atoms with Crippen LogP contribution in [0.2, 0.25) is 0 Å². The van der Waals surface area contributed by atoms with Gasteiger partial charge < -0.3 is 4.42 Å². The zero-order chi connectivity index (χ0) is 22.9. The van der Waals surface area contributed by atoms with Gasteiger partial charge in [0.25, 0.3) is 0 Å². The van der Waals surface area contributed by atoms with Gasteiger partial charge in [0.1, 0.15) is 16.3 Å². The maximum absolute atomic E-state index is 6.14. The summed E-state index contributed by atoms with van der Waals surface area (Å²) in [4.78, 5) is 4.81. The van der Waals surface area contributed by atoms with Crippen LogP contribution in [0.3, 0.4) is 0 Å².